The Balaban J connectivity index is 2.52. The first kappa shape index (κ1) is 17.5. The van der Waals surface area contributed by atoms with E-state index in [1.165, 1.54) is 17.5 Å². The van der Waals surface area contributed by atoms with Crippen LogP contribution in [0.25, 0.3) is 0 Å². The van der Waals surface area contributed by atoms with Crippen molar-refractivity contribution in [1.29, 1.82) is 0 Å². The molecule has 1 aliphatic carbocycles. The standard InChI is InChI=1S/C19H31NO2/c1-12-9-14-15(19(4,5)8-7-18(14,2)3)10-13(12)17(22)16(21)11-20-6/h9-10,16-17,20-22H,7-8,11H2,1-6H3. The first-order chi connectivity index (χ1) is 10.1. The summed E-state index contributed by atoms with van der Waals surface area (Å²) in [4.78, 5) is 0. The third-order valence-corrected chi connectivity index (χ3v) is 5.34. The molecule has 0 saturated carbocycles. The van der Waals surface area contributed by atoms with Crippen LogP contribution in [-0.4, -0.2) is 29.9 Å². The Hall–Kier alpha value is -0.900. The molecule has 0 spiro atoms. The highest BCUT2D eigenvalue weighted by Crippen LogP contribution is 2.47. The molecule has 0 saturated heterocycles. The quantitative estimate of drug-likeness (QED) is 0.801. The molecule has 0 fully saturated rings. The average Bonchev–Trinajstić information content (AvgIpc) is 2.43. The summed E-state index contributed by atoms with van der Waals surface area (Å²) in [6.45, 7) is 11.6. The lowest BCUT2D eigenvalue weighted by atomic mass is 9.62. The van der Waals surface area contributed by atoms with Gasteiger partial charge in [0.2, 0.25) is 0 Å². The van der Waals surface area contributed by atoms with Crippen molar-refractivity contribution in [2.24, 2.45) is 0 Å². The monoisotopic (exact) mass is 305 g/mol. The number of aryl methyl sites for hydroxylation is 1. The van der Waals surface area contributed by atoms with Crippen LogP contribution in [0.5, 0.6) is 0 Å². The fraction of sp³-hybridized carbons (Fsp3) is 0.684. The van der Waals surface area contributed by atoms with Crippen molar-refractivity contribution in [2.75, 3.05) is 13.6 Å². The molecule has 3 nitrogen and oxygen atoms in total. The third kappa shape index (κ3) is 3.08. The number of likely N-dealkylation sites (N-methyl/N-ethyl adjacent to an activating group) is 1. The van der Waals surface area contributed by atoms with Gasteiger partial charge in [-0.05, 0) is 59.9 Å². The van der Waals surface area contributed by atoms with Gasteiger partial charge in [-0.25, -0.2) is 0 Å². The van der Waals surface area contributed by atoms with E-state index in [1.807, 2.05) is 6.92 Å². The van der Waals surface area contributed by atoms with Gasteiger partial charge in [-0.15, -0.1) is 0 Å². The Morgan fingerprint density at radius 3 is 2.05 bits per heavy atom. The van der Waals surface area contributed by atoms with Gasteiger partial charge in [-0.2, -0.15) is 0 Å². The number of hydrogen-bond acceptors (Lipinski definition) is 3. The van der Waals surface area contributed by atoms with Gasteiger partial charge in [0, 0.05) is 6.54 Å². The summed E-state index contributed by atoms with van der Waals surface area (Å²) in [5.41, 5.74) is 4.91. The molecule has 0 heterocycles. The van der Waals surface area contributed by atoms with Crippen LogP contribution >= 0.6 is 0 Å². The molecule has 0 amide bonds. The summed E-state index contributed by atoms with van der Waals surface area (Å²) in [6.07, 6.45) is 0.682. The van der Waals surface area contributed by atoms with Gasteiger partial charge in [-0.1, -0.05) is 39.8 Å². The van der Waals surface area contributed by atoms with E-state index in [4.69, 9.17) is 0 Å². The van der Waals surface area contributed by atoms with E-state index >= 15 is 0 Å². The Labute approximate surface area is 134 Å². The number of rotatable bonds is 4. The van der Waals surface area contributed by atoms with Gasteiger partial charge in [0.05, 0.1) is 6.10 Å². The van der Waals surface area contributed by atoms with Crippen LogP contribution in [-0.2, 0) is 10.8 Å². The van der Waals surface area contributed by atoms with Crippen LogP contribution in [0.1, 0.15) is 68.9 Å². The van der Waals surface area contributed by atoms with Gasteiger partial charge in [0.15, 0.2) is 0 Å². The van der Waals surface area contributed by atoms with Crippen LogP contribution in [0, 0.1) is 6.92 Å². The first-order valence-corrected chi connectivity index (χ1v) is 8.26. The fourth-order valence-corrected chi connectivity index (χ4v) is 3.59. The van der Waals surface area contributed by atoms with E-state index in [0.717, 1.165) is 17.5 Å². The number of nitrogens with one attached hydrogen (secondary N) is 1. The highest BCUT2D eigenvalue weighted by molar-refractivity contribution is 5.47. The van der Waals surface area contributed by atoms with Crippen molar-refractivity contribution in [1.82, 2.24) is 5.32 Å². The van der Waals surface area contributed by atoms with Crippen LogP contribution in [0.4, 0.5) is 0 Å². The Kier molecular flexibility index (Phi) is 4.72. The third-order valence-electron chi connectivity index (χ3n) is 5.34. The fourth-order valence-electron chi connectivity index (χ4n) is 3.59. The molecule has 0 bridgehead atoms. The molecule has 3 N–H and O–H groups in total. The largest absolute Gasteiger partial charge is 0.389 e. The lowest BCUT2D eigenvalue weighted by Crippen LogP contribution is -2.35. The minimum atomic E-state index is -0.849. The van der Waals surface area contributed by atoms with E-state index in [-0.39, 0.29) is 10.8 Å². The van der Waals surface area contributed by atoms with Crippen LogP contribution < -0.4 is 5.32 Å². The van der Waals surface area contributed by atoms with Gasteiger partial charge in [0.25, 0.3) is 0 Å². The van der Waals surface area contributed by atoms with Crippen molar-refractivity contribution in [2.45, 2.75) is 70.5 Å². The maximum Gasteiger partial charge on any atom is 0.106 e. The summed E-state index contributed by atoms with van der Waals surface area (Å²) in [7, 11) is 1.78. The summed E-state index contributed by atoms with van der Waals surface area (Å²) < 4.78 is 0. The molecule has 2 unspecified atom stereocenters. The molecule has 0 aromatic heterocycles. The Morgan fingerprint density at radius 2 is 1.55 bits per heavy atom. The zero-order valence-corrected chi connectivity index (χ0v) is 14.8. The predicted octanol–water partition coefficient (Wildman–Crippen LogP) is 2.96. The molecule has 1 aromatic rings. The summed E-state index contributed by atoms with van der Waals surface area (Å²) in [5.74, 6) is 0. The van der Waals surface area contributed by atoms with Crippen LogP contribution in [0.15, 0.2) is 12.1 Å². The molecular formula is C19H31NO2. The minimum absolute atomic E-state index is 0.112. The number of benzene rings is 1. The highest BCUT2D eigenvalue weighted by Gasteiger charge is 2.38. The van der Waals surface area contributed by atoms with Crippen molar-refractivity contribution >= 4 is 0 Å². The second-order valence-electron chi connectivity index (χ2n) is 8.09. The molecule has 3 heteroatoms. The zero-order valence-electron chi connectivity index (χ0n) is 14.8. The molecule has 2 atom stereocenters. The normalized spacial score (nSPS) is 22.0. The molecule has 2 rings (SSSR count). The number of hydrogen-bond donors (Lipinski definition) is 3. The van der Waals surface area contributed by atoms with Gasteiger partial charge >= 0.3 is 0 Å². The summed E-state index contributed by atoms with van der Waals surface area (Å²) >= 11 is 0. The first-order valence-electron chi connectivity index (χ1n) is 8.26. The minimum Gasteiger partial charge on any atom is -0.389 e. The van der Waals surface area contributed by atoms with E-state index < -0.39 is 12.2 Å². The number of aliphatic hydroxyl groups is 2. The van der Waals surface area contributed by atoms with Crippen molar-refractivity contribution in [3.05, 3.63) is 34.4 Å². The zero-order chi connectivity index (χ0) is 16.7. The average molecular weight is 305 g/mol. The second kappa shape index (κ2) is 5.95. The highest BCUT2D eigenvalue weighted by atomic mass is 16.3. The van der Waals surface area contributed by atoms with E-state index in [1.54, 1.807) is 7.05 Å². The molecule has 0 aliphatic heterocycles. The Bertz CT molecular complexity index is 549. The second-order valence-corrected chi connectivity index (χ2v) is 8.09. The van der Waals surface area contributed by atoms with Gasteiger partial charge < -0.3 is 15.5 Å². The van der Waals surface area contributed by atoms with Crippen molar-refractivity contribution in [3.63, 3.8) is 0 Å². The predicted molar refractivity (Wildman–Crippen MR) is 91.4 cm³/mol. The van der Waals surface area contributed by atoms with Crippen molar-refractivity contribution < 1.29 is 10.2 Å². The summed E-state index contributed by atoms with van der Waals surface area (Å²) in [6, 6.07) is 4.36. The van der Waals surface area contributed by atoms with Crippen molar-refractivity contribution in [3.8, 4) is 0 Å². The lowest BCUT2D eigenvalue weighted by molar-refractivity contribution is 0.0197. The summed E-state index contributed by atoms with van der Waals surface area (Å²) in [5, 5.41) is 23.6. The SMILES string of the molecule is CNCC(O)C(O)c1cc2c(cc1C)C(C)(C)CCC2(C)C. The van der Waals surface area contributed by atoms with E-state index in [9.17, 15) is 10.2 Å². The van der Waals surface area contributed by atoms with Crippen LogP contribution in [0.3, 0.4) is 0 Å². The lowest BCUT2D eigenvalue weighted by Gasteiger charge is -2.42. The molecule has 1 aromatic carbocycles. The molecule has 1 aliphatic rings. The van der Waals surface area contributed by atoms with Gasteiger partial charge in [0.1, 0.15) is 6.10 Å². The van der Waals surface area contributed by atoms with Gasteiger partial charge in [-0.3, -0.25) is 0 Å². The van der Waals surface area contributed by atoms with E-state index in [0.29, 0.717) is 6.54 Å². The molecule has 22 heavy (non-hydrogen) atoms. The molecular weight excluding hydrogens is 274 g/mol. The van der Waals surface area contributed by atoms with Crippen LogP contribution in [0.2, 0.25) is 0 Å². The van der Waals surface area contributed by atoms with E-state index in [2.05, 4.69) is 45.1 Å². The smallest absolute Gasteiger partial charge is 0.106 e. The molecule has 124 valence electrons. The maximum atomic E-state index is 10.5. The number of fused-ring (bicyclic) bond motifs is 1. The maximum absolute atomic E-state index is 10.5. The number of aliphatic hydroxyl groups excluding tert-OH is 2. The molecule has 0 radical (unpaired) electrons. The Morgan fingerprint density at radius 1 is 1.05 bits per heavy atom. The topological polar surface area (TPSA) is 52.5 Å².